The Morgan fingerprint density at radius 3 is 2.63 bits per heavy atom. The lowest BCUT2D eigenvalue weighted by Gasteiger charge is -2.38. The van der Waals surface area contributed by atoms with Crippen LogP contribution >= 0.6 is 0 Å². The molecule has 19 heavy (non-hydrogen) atoms. The molecule has 6 nitrogen and oxygen atoms in total. The van der Waals surface area contributed by atoms with E-state index in [1.807, 2.05) is 27.1 Å². The van der Waals surface area contributed by atoms with Gasteiger partial charge in [0.25, 0.3) is 0 Å². The van der Waals surface area contributed by atoms with E-state index in [2.05, 4.69) is 10.4 Å². The first-order valence-electron chi connectivity index (χ1n) is 6.48. The molecule has 1 saturated heterocycles. The fourth-order valence-corrected chi connectivity index (χ4v) is 2.26. The largest absolute Gasteiger partial charge is 0.342 e. The molecule has 1 aromatic rings. The van der Waals surface area contributed by atoms with Crippen molar-refractivity contribution in [3.63, 3.8) is 0 Å². The normalized spacial score (nSPS) is 23.9. The van der Waals surface area contributed by atoms with Crippen LogP contribution in [-0.2, 0) is 23.2 Å². The molecule has 2 unspecified atom stereocenters. The number of nitrogens with zero attached hydrogens (tertiary/aromatic N) is 3. The Morgan fingerprint density at radius 1 is 1.42 bits per heavy atom. The molecule has 104 valence electrons. The Balaban J connectivity index is 2.20. The van der Waals surface area contributed by atoms with Crippen molar-refractivity contribution in [2.24, 2.45) is 13.0 Å². The lowest BCUT2D eigenvalue weighted by atomic mass is 9.98. The van der Waals surface area contributed by atoms with Gasteiger partial charge in [-0.15, -0.1) is 0 Å². The fraction of sp³-hybridized carbons (Fsp3) is 0.615. The topological polar surface area (TPSA) is 67.2 Å². The molecule has 2 rings (SSSR count). The fourth-order valence-electron chi connectivity index (χ4n) is 2.26. The Labute approximate surface area is 112 Å². The number of rotatable bonds is 3. The van der Waals surface area contributed by atoms with Crippen molar-refractivity contribution in [2.45, 2.75) is 39.4 Å². The van der Waals surface area contributed by atoms with Crippen molar-refractivity contribution in [1.82, 2.24) is 20.0 Å². The minimum Gasteiger partial charge on any atom is -0.342 e. The van der Waals surface area contributed by atoms with Crippen LogP contribution in [0.5, 0.6) is 0 Å². The van der Waals surface area contributed by atoms with Crippen molar-refractivity contribution in [3.05, 3.63) is 18.0 Å². The van der Waals surface area contributed by atoms with Crippen molar-refractivity contribution < 1.29 is 9.59 Å². The van der Waals surface area contributed by atoms with Crippen molar-refractivity contribution in [3.8, 4) is 0 Å². The van der Waals surface area contributed by atoms with Crippen LogP contribution in [0.15, 0.2) is 12.4 Å². The van der Waals surface area contributed by atoms with E-state index in [0.29, 0.717) is 6.54 Å². The smallest absolute Gasteiger partial charge is 0.246 e. The number of hydrogen-bond donors (Lipinski definition) is 1. The van der Waals surface area contributed by atoms with Gasteiger partial charge in [-0.25, -0.2) is 0 Å². The molecule has 1 fully saturated rings. The number of carbonyl (C=O) groups excluding carboxylic acids is 2. The van der Waals surface area contributed by atoms with Gasteiger partial charge < -0.3 is 10.2 Å². The molecule has 1 aliphatic heterocycles. The minimum atomic E-state index is -0.442. The molecule has 2 amide bonds. The highest BCUT2D eigenvalue weighted by atomic mass is 16.2. The zero-order valence-corrected chi connectivity index (χ0v) is 11.8. The van der Waals surface area contributed by atoms with Crippen LogP contribution in [0.2, 0.25) is 0 Å². The highest BCUT2D eigenvalue weighted by molar-refractivity contribution is 5.96. The van der Waals surface area contributed by atoms with Gasteiger partial charge in [0.15, 0.2) is 0 Å². The molecular formula is C13H20N4O2. The van der Waals surface area contributed by atoms with E-state index in [0.717, 1.165) is 5.56 Å². The second kappa shape index (κ2) is 5.03. The average Bonchev–Trinajstić information content (AvgIpc) is 2.74. The van der Waals surface area contributed by atoms with E-state index >= 15 is 0 Å². The van der Waals surface area contributed by atoms with Crippen LogP contribution in [-0.4, -0.2) is 38.6 Å². The Morgan fingerprint density at radius 2 is 2.11 bits per heavy atom. The van der Waals surface area contributed by atoms with E-state index in [4.69, 9.17) is 0 Å². The van der Waals surface area contributed by atoms with Crippen LogP contribution in [0, 0.1) is 5.92 Å². The third-order valence-electron chi connectivity index (χ3n) is 3.47. The van der Waals surface area contributed by atoms with Crippen LogP contribution in [0.1, 0.15) is 26.3 Å². The molecule has 1 aromatic heterocycles. The lowest BCUT2D eigenvalue weighted by Crippen LogP contribution is -2.63. The number of piperazine rings is 1. The predicted molar refractivity (Wildman–Crippen MR) is 70.0 cm³/mol. The second-order valence-electron chi connectivity index (χ2n) is 5.39. The lowest BCUT2D eigenvalue weighted by molar-refractivity contribution is -0.150. The maximum Gasteiger partial charge on any atom is 0.246 e. The maximum absolute atomic E-state index is 12.4. The molecule has 2 atom stereocenters. The van der Waals surface area contributed by atoms with Crippen molar-refractivity contribution in [1.29, 1.82) is 0 Å². The van der Waals surface area contributed by atoms with E-state index in [1.165, 1.54) is 0 Å². The van der Waals surface area contributed by atoms with Gasteiger partial charge in [-0.05, 0) is 12.8 Å². The molecule has 0 radical (unpaired) electrons. The third kappa shape index (κ3) is 2.62. The zero-order valence-electron chi connectivity index (χ0n) is 11.8. The minimum absolute atomic E-state index is 0.0223. The molecule has 0 spiro atoms. The molecule has 0 saturated carbocycles. The summed E-state index contributed by atoms with van der Waals surface area (Å²) in [4.78, 5) is 26.0. The Bertz CT molecular complexity index is 495. The summed E-state index contributed by atoms with van der Waals surface area (Å²) in [6.45, 7) is 6.03. The molecule has 0 bridgehead atoms. The summed E-state index contributed by atoms with van der Waals surface area (Å²) < 4.78 is 1.69. The molecule has 0 aromatic carbocycles. The van der Waals surface area contributed by atoms with Gasteiger partial charge in [-0.2, -0.15) is 5.10 Å². The van der Waals surface area contributed by atoms with Crippen LogP contribution < -0.4 is 5.32 Å². The summed E-state index contributed by atoms with van der Waals surface area (Å²) in [5, 5.41) is 6.87. The number of nitrogens with one attached hydrogen (secondary N) is 1. The van der Waals surface area contributed by atoms with Gasteiger partial charge in [-0.3, -0.25) is 14.3 Å². The predicted octanol–water partition coefficient (Wildman–Crippen LogP) is 0.292. The van der Waals surface area contributed by atoms with Crippen LogP contribution in [0.4, 0.5) is 0 Å². The average molecular weight is 264 g/mol. The number of hydrogen-bond acceptors (Lipinski definition) is 3. The Hall–Kier alpha value is -1.85. The van der Waals surface area contributed by atoms with Gasteiger partial charge in [0, 0.05) is 25.4 Å². The summed E-state index contributed by atoms with van der Waals surface area (Å²) in [5.74, 6) is -0.0338. The summed E-state index contributed by atoms with van der Waals surface area (Å²) in [7, 11) is 1.83. The zero-order chi connectivity index (χ0) is 14.2. The number of aromatic nitrogens is 2. The summed E-state index contributed by atoms with van der Waals surface area (Å²) >= 11 is 0. The first kappa shape index (κ1) is 13.6. The van der Waals surface area contributed by atoms with E-state index in [9.17, 15) is 9.59 Å². The quantitative estimate of drug-likeness (QED) is 0.853. The van der Waals surface area contributed by atoms with Crippen molar-refractivity contribution >= 4 is 11.8 Å². The van der Waals surface area contributed by atoms with E-state index < -0.39 is 12.1 Å². The summed E-state index contributed by atoms with van der Waals surface area (Å²) in [6, 6.07) is -0.872. The molecule has 1 N–H and O–H groups in total. The first-order valence-corrected chi connectivity index (χ1v) is 6.48. The van der Waals surface area contributed by atoms with Gasteiger partial charge in [-0.1, -0.05) is 13.8 Å². The highest BCUT2D eigenvalue weighted by Gasteiger charge is 2.39. The number of amides is 2. The number of carbonyl (C=O) groups is 2. The summed E-state index contributed by atoms with van der Waals surface area (Å²) in [6.07, 6.45) is 3.58. The van der Waals surface area contributed by atoms with Crippen molar-refractivity contribution in [2.75, 3.05) is 0 Å². The highest BCUT2D eigenvalue weighted by Crippen LogP contribution is 2.17. The van der Waals surface area contributed by atoms with Gasteiger partial charge in [0.2, 0.25) is 11.8 Å². The Kier molecular flexibility index (Phi) is 3.59. The van der Waals surface area contributed by atoms with Crippen LogP contribution in [0.25, 0.3) is 0 Å². The standard InChI is InChI=1S/C13H20N4O2/c1-8(2)11-13(19)17(9(3)12(18)15-11)7-10-5-14-16(4)6-10/h5-6,8-9,11H,7H2,1-4H3,(H,15,18). The molecule has 0 aliphatic carbocycles. The van der Waals surface area contributed by atoms with E-state index in [-0.39, 0.29) is 17.7 Å². The summed E-state index contributed by atoms with van der Waals surface area (Å²) in [5.41, 5.74) is 0.930. The van der Waals surface area contributed by atoms with Crippen LogP contribution in [0.3, 0.4) is 0 Å². The molecule has 1 aliphatic rings. The third-order valence-corrected chi connectivity index (χ3v) is 3.47. The van der Waals surface area contributed by atoms with E-state index in [1.54, 1.807) is 22.7 Å². The van der Waals surface area contributed by atoms with Gasteiger partial charge >= 0.3 is 0 Å². The monoisotopic (exact) mass is 264 g/mol. The maximum atomic E-state index is 12.4. The SMILES string of the molecule is CC(C)C1NC(=O)C(C)N(Cc2cnn(C)c2)C1=O. The number of aryl methyl sites for hydroxylation is 1. The molecular weight excluding hydrogens is 244 g/mol. The van der Waals surface area contributed by atoms with Gasteiger partial charge in [0.05, 0.1) is 6.20 Å². The second-order valence-corrected chi connectivity index (χ2v) is 5.39. The molecule has 6 heteroatoms. The molecule has 2 heterocycles. The van der Waals surface area contributed by atoms with Gasteiger partial charge in [0.1, 0.15) is 12.1 Å². The first-order chi connectivity index (χ1) is 8.90.